The molecule has 1 fully saturated rings. The number of nitrogens with one attached hydrogen (secondary N) is 1. The largest absolute Gasteiger partial charge is 0.366 e. The van der Waals surface area contributed by atoms with Crippen molar-refractivity contribution in [2.24, 2.45) is 0 Å². The van der Waals surface area contributed by atoms with Crippen LogP contribution in [0.1, 0.15) is 37.6 Å². The van der Waals surface area contributed by atoms with E-state index < -0.39 is 9.84 Å². The minimum Gasteiger partial charge on any atom is -0.366 e. The summed E-state index contributed by atoms with van der Waals surface area (Å²) in [5.74, 6) is 1.88. The van der Waals surface area contributed by atoms with Crippen molar-refractivity contribution in [1.29, 1.82) is 0 Å². The third-order valence-electron chi connectivity index (χ3n) is 3.19. The lowest BCUT2D eigenvalue weighted by Gasteiger charge is -2.16. The van der Waals surface area contributed by atoms with Gasteiger partial charge >= 0.3 is 0 Å². The average Bonchev–Trinajstić information content (AvgIpc) is 2.64. The van der Waals surface area contributed by atoms with Crippen molar-refractivity contribution in [3.8, 4) is 0 Å². The van der Waals surface area contributed by atoms with E-state index in [4.69, 9.17) is 11.6 Å². The van der Waals surface area contributed by atoms with E-state index >= 15 is 0 Å². The molecule has 1 aromatic rings. The second-order valence-corrected chi connectivity index (χ2v) is 7.83. The fourth-order valence-corrected chi connectivity index (χ4v) is 3.86. The van der Waals surface area contributed by atoms with Crippen molar-refractivity contribution in [3.05, 3.63) is 16.5 Å². The summed E-state index contributed by atoms with van der Waals surface area (Å²) >= 11 is 6.10. The van der Waals surface area contributed by atoms with Crippen LogP contribution in [-0.2, 0) is 9.84 Å². The van der Waals surface area contributed by atoms with Gasteiger partial charge in [0.2, 0.25) is 0 Å². The Hall–Kier alpha value is -0.880. The second-order valence-electron chi connectivity index (χ2n) is 5.25. The minimum atomic E-state index is -2.90. The first-order chi connectivity index (χ1) is 8.78. The van der Waals surface area contributed by atoms with E-state index in [1.165, 1.54) is 0 Å². The summed E-state index contributed by atoms with van der Waals surface area (Å²) in [6, 6.07) is -0.0883. The molecule has 2 heterocycles. The number of anilines is 1. The molecular formula is C12H18ClN3O2S. The monoisotopic (exact) mass is 303 g/mol. The highest BCUT2D eigenvalue weighted by Gasteiger charge is 2.28. The van der Waals surface area contributed by atoms with E-state index in [2.05, 4.69) is 15.3 Å². The fraction of sp³-hybridized carbons (Fsp3) is 0.667. The minimum absolute atomic E-state index is 0.0883. The van der Waals surface area contributed by atoms with Gasteiger partial charge in [-0.25, -0.2) is 18.4 Å². The van der Waals surface area contributed by atoms with E-state index in [-0.39, 0.29) is 23.5 Å². The van der Waals surface area contributed by atoms with Crippen molar-refractivity contribution in [3.63, 3.8) is 0 Å². The molecule has 1 unspecified atom stereocenters. The molecule has 0 radical (unpaired) electrons. The van der Waals surface area contributed by atoms with Crippen LogP contribution in [0.4, 0.5) is 5.82 Å². The van der Waals surface area contributed by atoms with Crippen LogP contribution < -0.4 is 5.32 Å². The molecule has 0 aliphatic carbocycles. The van der Waals surface area contributed by atoms with Crippen LogP contribution in [0.15, 0.2) is 0 Å². The highest BCUT2D eigenvalue weighted by molar-refractivity contribution is 7.91. The lowest BCUT2D eigenvalue weighted by atomic mass is 10.2. The molecular weight excluding hydrogens is 286 g/mol. The van der Waals surface area contributed by atoms with Crippen LogP contribution in [0.5, 0.6) is 0 Å². The molecule has 0 saturated carbocycles. The molecule has 106 valence electrons. The summed E-state index contributed by atoms with van der Waals surface area (Å²) in [6.07, 6.45) is 0.612. The van der Waals surface area contributed by atoms with Gasteiger partial charge < -0.3 is 5.32 Å². The van der Waals surface area contributed by atoms with Crippen molar-refractivity contribution in [2.45, 2.75) is 39.2 Å². The summed E-state index contributed by atoms with van der Waals surface area (Å²) in [5.41, 5.74) is 0.760. The molecule has 0 spiro atoms. The second kappa shape index (κ2) is 5.25. The van der Waals surface area contributed by atoms with Crippen molar-refractivity contribution < 1.29 is 8.42 Å². The zero-order valence-electron chi connectivity index (χ0n) is 11.3. The van der Waals surface area contributed by atoms with E-state index in [1.54, 1.807) is 0 Å². The van der Waals surface area contributed by atoms with Gasteiger partial charge in [-0.15, -0.1) is 0 Å². The average molecular weight is 304 g/mol. The van der Waals surface area contributed by atoms with Crippen LogP contribution in [0.2, 0.25) is 5.15 Å². The summed E-state index contributed by atoms with van der Waals surface area (Å²) in [5, 5.41) is 3.60. The van der Waals surface area contributed by atoms with E-state index in [0.29, 0.717) is 23.2 Å². The Kier molecular flexibility index (Phi) is 4.01. The SMILES string of the molecule is Cc1c(Cl)nc(C(C)C)nc1NC1CCS(=O)(=O)C1. The molecule has 19 heavy (non-hydrogen) atoms. The molecule has 7 heteroatoms. The number of hydrogen-bond donors (Lipinski definition) is 1. The Balaban J connectivity index is 2.25. The normalized spacial score (nSPS) is 21.8. The number of sulfone groups is 1. The van der Waals surface area contributed by atoms with Gasteiger partial charge in [0.05, 0.1) is 11.5 Å². The van der Waals surface area contributed by atoms with E-state index in [0.717, 1.165) is 5.56 Å². The number of aromatic nitrogens is 2. The molecule has 0 aromatic carbocycles. The smallest absolute Gasteiger partial charge is 0.152 e. The van der Waals surface area contributed by atoms with Gasteiger partial charge in [-0.3, -0.25) is 0 Å². The Morgan fingerprint density at radius 3 is 2.58 bits per heavy atom. The molecule has 0 amide bonds. The van der Waals surface area contributed by atoms with Crippen molar-refractivity contribution >= 4 is 27.3 Å². The molecule has 2 rings (SSSR count). The third-order valence-corrected chi connectivity index (χ3v) is 5.33. The summed E-state index contributed by atoms with van der Waals surface area (Å²) < 4.78 is 22.9. The maximum atomic E-state index is 11.5. The van der Waals surface area contributed by atoms with Gasteiger partial charge in [0.25, 0.3) is 0 Å². The molecule has 1 aliphatic heterocycles. The number of halogens is 1. The van der Waals surface area contributed by atoms with Crippen molar-refractivity contribution in [2.75, 3.05) is 16.8 Å². The zero-order chi connectivity index (χ0) is 14.2. The highest BCUT2D eigenvalue weighted by atomic mass is 35.5. The summed E-state index contributed by atoms with van der Waals surface area (Å²) in [4.78, 5) is 8.67. The number of nitrogens with zero attached hydrogens (tertiary/aromatic N) is 2. The summed E-state index contributed by atoms with van der Waals surface area (Å²) in [6.45, 7) is 5.81. The van der Waals surface area contributed by atoms with Crippen LogP contribution in [0.3, 0.4) is 0 Å². The van der Waals surface area contributed by atoms with Crippen LogP contribution in [0, 0.1) is 6.92 Å². The van der Waals surface area contributed by atoms with Crippen LogP contribution >= 0.6 is 11.6 Å². The molecule has 0 bridgehead atoms. The van der Waals surface area contributed by atoms with Gasteiger partial charge in [-0.1, -0.05) is 25.4 Å². The first kappa shape index (κ1) is 14.5. The molecule has 1 aromatic heterocycles. The van der Waals surface area contributed by atoms with Gasteiger partial charge in [0.1, 0.15) is 16.8 Å². The standard InChI is InChI=1S/C12H18ClN3O2S/c1-7(2)11-15-10(13)8(3)12(16-11)14-9-4-5-19(17,18)6-9/h7,9H,4-6H2,1-3H3,(H,14,15,16). The molecule has 1 saturated heterocycles. The van der Waals surface area contributed by atoms with Crippen LogP contribution in [0.25, 0.3) is 0 Å². The van der Waals surface area contributed by atoms with Gasteiger partial charge in [0.15, 0.2) is 9.84 Å². The Bertz CT molecular complexity index is 587. The Morgan fingerprint density at radius 2 is 2.05 bits per heavy atom. The van der Waals surface area contributed by atoms with Crippen molar-refractivity contribution in [1.82, 2.24) is 9.97 Å². The Labute approximate surface area is 118 Å². The fourth-order valence-electron chi connectivity index (χ4n) is 2.01. The molecule has 5 nitrogen and oxygen atoms in total. The molecule has 1 atom stereocenters. The predicted molar refractivity (Wildman–Crippen MR) is 76.5 cm³/mol. The predicted octanol–water partition coefficient (Wildman–Crippen LogP) is 2.16. The zero-order valence-corrected chi connectivity index (χ0v) is 12.8. The van der Waals surface area contributed by atoms with E-state index in [1.807, 2.05) is 20.8 Å². The lowest BCUT2D eigenvalue weighted by molar-refractivity contribution is 0.602. The lowest BCUT2D eigenvalue weighted by Crippen LogP contribution is -2.22. The highest BCUT2D eigenvalue weighted by Crippen LogP contribution is 2.25. The van der Waals surface area contributed by atoms with Gasteiger partial charge in [-0.05, 0) is 13.3 Å². The van der Waals surface area contributed by atoms with Gasteiger partial charge in [0, 0.05) is 17.5 Å². The van der Waals surface area contributed by atoms with Gasteiger partial charge in [-0.2, -0.15) is 0 Å². The third kappa shape index (κ3) is 3.36. The quantitative estimate of drug-likeness (QED) is 0.866. The first-order valence-electron chi connectivity index (χ1n) is 6.29. The maximum Gasteiger partial charge on any atom is 0.152 e. The Morgan fingerprint density at radius 1 is 1.37 bits per heavy atom. The maximum absolute atomic E-state index is 11.5. The first-order valence-corrected chi connectivity index (χ1v) is 8.49. The number of hydrogen-bond acceptors (Lipinski definition) is 5. The number of rotatable bonds is 3. The molecule has 1 N–H and O–H groups in total. The van der Waals surface area contributed by atoms with Crippen LogP contribution in [-0.4, -0.2) is 35.9 Å². The molecule has 1 aliphatic rings. The van der Waals surface area contributed by atoms with E-state index in [9.17, 15) is 8.42 Å². The summed E-state index contributed by atoms with van der Waals surface area (Å²) in [7, 11) is -2.90. The topological polar surface area (TPSA) is 72.0 Å².